The zero-order valence-corrected chi connectivity index (χ0v) is 17.5. The number of H-pyrrole nitrogens is 1. The van der Waals surface area contributed by atoms with E-state index in [0.717, 1.165) is 0 Å². The lowest BCUT2D eigenvalue weighted by atomic mass is 9.94. The predicted molar refractivity (Wildman–Crippen MR) is 108 cm³/mol. The molecule has 2 aromatic rings. The van der Waals surface area contributed by atoms with E-state index < -0.39 is 28.6 Å². The summed E-state index contributed by atoms with van der Waals surface area (Å²) in [5, 5.41) is 4.03. The molecule has 0 aliphatic carbocycles. The minimum Gasteiger partial charge on any atom is -0.760 e. The first-order chi connectivity index (χ1) is 13.9. The van der Waals surface area contributed by atoms with Crippen LogP contribution in [0.5, 0.6) is 0 Å². The SMILES string of the molecule is Cc1ccc(-c2cc(N3CCOC[C@H]3C)cc(=O)[nH]2)c(C(F)(F)F)c1C.NS(=O)[O-]. The Morgan fingerprint density at radius 3 is 2.50 bits per heavy atom. The second-order valence-electron chi connectivity index (χ2n) is 6.92. The van der Waals surface area contributed by atoms with Crippen LogP contribution in [0.15, 0.2) is 29.1 Å². The number of aromatic nitrogens is 1. The van der Waals surface area contributed by atoms with Gasteiger partial charge in [-0.05, 0) is 38.0 Å². The summed E-state index contributed by atoms with van der Waals surface area (Å²) in [4.78, 5) is 16.7. The summed E-state index contributed by atoms with van der Waals surface area (Å²) in [6.07, 6.45) is -4.51. The number of hydrogen-bond donors (Lipinski definition) is 2. The predicted octanol–water partition coefficient (Wildman–Crippen LogP) is 2.64. The third-order valence-electron chi connectivity index (χ3n) is 4.84. The van der Waals surface area contributed by atoms with Crippen molar-refractivity contribution in [3.63, 3.8) is 0 Å². The number of halogens is 3. The van der Waals surface area contributed by atoms with Crippen LogP contribution in [0.25, 0.3) is 11.3 Å². The number of aryl methyl sites for hydroxylation is 1. The van der Waals surface area contributed by atoms with Crippen molar-refractivity contribution >= 4 is 17.0 Å². The van der Waals surface area contributed by atoms with Crippen molar-refractivity contribution in [1.29, 1.82) is 0 Å². The van der Waals surface area contributed by atoms with Gasteiger partial charge in [-0.2, -0.15) is 13.2 Å². The molecule has 2 atom stereocenters. The molecule has 1 unspecified atom stereocenters. The lowest BCUT2D eigenvalue weighted by Gasteiger charge is -2.35. The summed E-state index contributed by atoms with van der Waals surface area (Å²) in [5.74, 6) is 0. The average Bonchev–Trinajstić information content (AvgIpc) is 2.62. The van der Waals surface area contributed by atoms with Gasteiger partial charge in [0.15, 0.2) is 0 Å². The normalized spacial score (nSPS) is 17.9. The number of nitrogens with one attached hydrogen (secondary N) is 1. The van der Waals surface area contributed by atoms with Crippen LogP contribution < -0.4 is 15.6 Å². The Balaban J connectivity index is 0.000000735. The Morgan fingerprint density at radius 1 is 1.30 bits per heavy atom. The van der Waals surface area contributed by atoms with Crippen molar-refractivity contribution in [3.05, 3.63) is 51.3 Å². The van der Waals surface area contributed by atoms with Gasteiger partial charge in [0.25, 0.3) is 0 Å². The number of nitrogens with zero attached hydrogens (tertiary/aromatic N) is 1. The maximum absolute atomic E-state index is 13.7. The van der Waals surface area contributed by atoms with Crippen LogP contribution in [0, 0.1) is 13.8 Å². The van der Waals surface area contributed by atoms with E-state index in [-0.39, 0.29) is 22.9 Å². The van der Waals surface area contributed by atoms with Crippen LogP contribution in [0.2, 0.25) is 0 Å². The Kier molecular flexibility index (Phi) is 7.81. The molecule has 1 aliphatic heterocycles. The van der Waals surface area contributed by atoms with Gasteiger partial charge in [0, 0.05) is 41.2 Å². The van der Waals surface area contributed by atoms with Crippen molar-refractivity contribution in [2.75, 3.05) is 24.7 Å². The molecule has 0 saturated carbocycles. The maximum atomic E-state index is 13.7. The molecule has 166 valence electrons. The summed E-state index contributed by atoms with van der Waals surface area (Å²) in [6, 6.07) is 6.13. The van der Waals surface area contributed by atoms with Crippen LogP contribution >= 0.6 is 0 Å². The quantitative estimate of drug-likeness (QED) is 0.689. The number of benzene rings is 1. The van der Waals surface area contributed by atoms with Crippen LogP contribution in [-0.4, -0.2) is 39.5 Å². The largest absolute Gasteiger partial charge is 0.760 e. The van der Waals surface area contributed by atoms with Crippen LogP contribution in [0.3, 0.4) is 0 Å². The van der Waals surface area contributed by atoms with E-state index in [0.29, 0.717) is 31.0 Å². The number of morpholine rings is 1. The fraction of sp³-hybridized carbons (Fsp3) is 0.421. The van der Waals surface area contributed by atoms with E-state index >= 15 is 0 Å². The Hall–Kier alpha value is -2.21. The lowest BCUT2D eigenvalue weighted by Crippen LogP contribution is -2.44. The van der Waals surface area contributed by atoms with Crippen molar-refractivity contribution in [3.8, 4) is 11.3 Å². The van der Waals surface area contributed by atoms with Gasteiger partial charge in [0.2, 0.25) is 5.56 Å². The molecule has 3 N–H and O–H groups in total. The molecule has 1 saturated heterocycles. The van der Waals surface area contributed by atoms with Gasteiger partial charge in [0.05, 0.1) is 24.5 Å². The molecule has 0 radical (unpaired) electrons. The highest BCUT2D eigenvalue weighted by Gasteiger charge is 2.36. The molecule has 2 heterocycles. The molecule has 1 fully saturated rings. The van der Waals surface area contributed by atoms with E-state index in [4.69, 9.17) is 13.5 Å². The Morgan fingerprint density at radius 2 is 1.93 bits per heavy atom. The fourth-order valence-electron chi connectivity index (χ4n) is 3.36. The van der Waals surface area contributed by atoms with Gasteiger partial charge in [-0.15, -0.1) is 0 Å². The number of hydrogen-bond acceptors (Lipinski definition) is 5. The van der Waals surface area contributed by atoms with E-state index in [1.165, 1.54) is 19.1 Å². The first kappa shape index (κ1) is 24.1. The summed E-state index contributed by atoms with van der Waals surface area (Å²) in [5.41, 5.74) is 0.346. The van der Waals surface area contributed by atoms with Gasteiger partial charge in [-0.1, -0.05) is 12.1 Å². The number of anilines is 1. The third-order valence-corrected chi connectivity index (χ3v) is 4.84. The van der Waals surface area contributed by atoms with Gasteiger partial charge < -0.3 is 19.2 Å². The standard InChI is InChI=1S/C19H21F3N2O2.H3NO2S/c1-11-4-5-15(18(13(11)3)19(20,21)22)16-8-14(9-17(25)23-16)24-6-7-26-10-12(24)2;1-4(2)3/h4-5,8-9,12H,6-7,10H2,1-3H3,(H,23,25);1H2,(H,2,3)/p-1/t12-;/m1./s1. The van der Waals surface area contributed by atoms with Crippen molar-refractivity contribution < 1.29 is 26.7 Å². The summed E-state index contributed by atoms with van der Waals surface area (Å²) in [6.45, 7) is 6.67. The smallest absolute Gasteiger partial charge is 0.417 e. The molecule has 30 heavy (non-hydrogen) atoms. The minimum atomic E-state index is -4.51. The molecule has 0 bridgehead atoms. The molecule has 1 aromatic carbocycles. The minimum absolute atomic E-state index is 0.0135. The van der Waals surface area contributed by atoms with Crippen LogP contribution in [-0.2, 0) is 22.2 Å². The Labute approximate surface area is 174 Å². The van der Waals surface area contributed by atoms with Crippen molar-refractivity contribution in [2.24, 2.45) is 5.14 Å². The highest BCUT2D eigenvalue weighted by molar-refractivity contribution is 7.76. The maximum Gasteiger partial charge on any atom is 0.417 e. The molecule has 11 heteroatoms. The van der Waals surface area contributed by atoms with Crippen molar-refractivity contribution in [2.45, 2.75) is 33.0 Å². The van der Waals surface area contributed by atoms with Gasteiger partial charge in [-0.3, -0.25) is 14.1 Å². The van der Waals surface area contributed by atoms with Gasteiger partial charge in [0.1, 0.15) is 0 Å². The van der Waals surface area contributed by atoms with E-state index in [2.05, 4.69) is 10.1 Å². The fourth-order valence-corrected chi connectivity index (χ4v) is 3.36. The number of pyridine rings is 1. The second-order valence-corrected chi connectivity index (χ2v) is 7.44. The number of alkyl halides is 3. The summed E-state index contributed by atoms with van der Waals surface area (Å²) >= 11 is -2.36. The second kappa shape index (κ2) is 9.73. The van der Waals surface area contributed by atoms with Gasteiger partial charge >= 0.3 is 6.18 Å². The first-order valence-corrected chi connectivity index (χ1v) is 10.2. The average molecular weight is 446 g/mol. The highest BCUT2D eigenvalue weighted by Crippen LogP contribution is 2.40. The first-order valence-electron chi connectivity index (χ1n) is 9.02. The monoisotopic (exact) mass is 446 g/mol. The van der Waals surface area contributed by atoms with Crippen LogP contribution in [0.1, 0.15) is 23.6 Å². The highest BCUT2D eigenvalue weighted by atomic mass is 32.2. The van der Waals surface area contributed by atoms with Crippen molar-refractivity contribution in [1.82, 2.24) is 4.98 Å². The number of nitrogens with two attached hydrogens (primary N) is 1. The topological polar surface area (TPSA) is 111 Å². The number of aromatic amines is 1. The van der Waals surface area contributed by atoms with E-state index in [1.54, 1.807) is 19.1 Å². The summed E-state index contributed by atoms with van der Waals surface area (Å²) in [7, 11) is 0. The zero-order chi connectivity index (χ0) is 22.6. The Bertz CT molecular complexity index is 974. The molecular weight excluding hydrogens is 423 g/mol. The molecule has 0 amide bonds. The zero-order valence-electron chi connectivity index (χ0n) is 16.7. The summed E-state index contributed by atoms with van der Waals surface area (Å²) < 4.78 is 64.0. The van der Waals surface area contributed by atoms with Gasteiger partial charge in [-0.25, -0.2) is 0 Å². The molecule has 0 spiro atoms. The van der Waals surface area contributed by atoms with Crippen LogP contribution in [0.4, 0.5) is 18.9 Å². The molecule has 7 nitrogen and oxygen atoms in total. The van der Waals surface area contributed by atoms with E-state index in [1.807, 2.05) is 11.8 Å². The lowest BCUT2D eigenvalue weighted by molar-refractivity contribution is -0.137. The molecular formula is C19H23F3N3O4S-. The number of ether oxygens (including phenoxy) is 1. The molecule has 1 aliphatic rings. The third kappa shape index (κ3) is 5.91. The molecule has 1 aromatic heterocycles. The number of rotatable bonds is 2. The molecule has 3 rings (SSSR count). The van der Waals surface area contributed by atoms with E-state index in [9.17, 15) is 18.0 Å².